The highest BCUT2D eigenvalue weighted by Crippen LogP contribution is 2.32. The van der Waals surface area contributed by atoms with E-state index in [-0.39, 0.29) is 11.1 Å². The van der Waals surface area contributed by atoms with E-state index in [0.717, 1.165) is 37.0 Å². The van der Waals surface area contributed by atoms with Crippen LogP contribution in [0.3, 0.4) is 0 Å². The molecule has 0 aromatic heterocycles. The molecule has 0 bridgehead atoms. The number of amides is 1. The number of carbonyl (C=O) groups excluding carboxylic acids is 1. The maximum absolute atomic E-state index is 12.8. The van der Waals surface area contributed by atoms with Gasteiger partial charge in [-0.15, -0.1) is 0 Å². The minimum atomic E-state index is -4.48. The number of carbonyl (C=O) groups is 1. The maximum Gasteiger partial charge on any atom is 0.416 e. The Morgan fingerprint density at radius 2 is 1.79 bits per heavy atom. The van der Waals surface area contributed by atoms with Gasteiger partial charge in [0.1, 0.15) is 12.4 Å². The third-order valence-corrected chi connectivity index (χ3v) is 5.43. The number of allylic oxidation sites excluding steroid dienone is 1. The molecule has 0 saturated carbocycles. The summed E-state index contributed by atoms with van der Waals surface area (Å²) in [5.41, 5.74) is 0.398. The summed E-state index contributed by atoms with van der Waals surface area (Å²) in [5.74, 6) is -0.0638. The molecule has 6 nitrogen and oxygen atoms in total. The van der Waals surface area contributed by atoms with Crippen LogP contribution in [0.5, 0.6) is 5.75 Å². The van der Waals surface area contributed by atoms with Crippen molar-refractivity contribution in [3.8, 4) is 5.75 Å². The lowest BCUT2D eigenvalue weighted by Crippen LogP contribution is -2.44. The zero-order chi connectivity index (χ0) is 25.5. The topological polar surface area (TPSA) is 84.7 Å². The maximum atomic E-state index is 12.8. The van der Waals surface area contributed by atoms with Crippen LogP contribution in [0.25, 0.3) is 11.1 Å². The van der Waals surface area contributed by atoms with Gasteiger partial charge < -0.3 is 26.1 Å². The number of anilines is 1. The van der Waals surface area contributed by atoms with Crippen molar-refractivity contribution in [2.75, 3.05) is 25.5 Å². The van der Waals surface area contributed by atoms with E-state index in [1.165, 1.54) is 0 Å². The summed E-state index contributed by atoms with van der Waals surface area (Å²) < 4.78 is 44.8. The van der Waals surface area contributed by atoms with Crippen LogP contribution in [0.4, 0.5) is 18.9 Å². The van der Waals surface area contributed by atoms with E-state index in [9.17, 15) is 23.4 Å². The third kappa shape index (κ3) is 7.33. The molecule has 2 aromatic carbocycles. The van der Waals surface area contributed by atoms with Crippen molar-refractivity contribution in [1.82, 2.24) is 10.6 Å². The minimum Gasteiger partial charge on any atom is -0.810 e. The minimum absolute atomic E-state index is 0.0801. The Labute approximate surface area is 205 Å². The van der Waals surface area contributed by atoms with Gasteiger partial charge >= 0.3 is 6.18 Å². The van der Waals surface area contributed by atoms with E-state index in [1.807, 2.05) is 20.8 Å². The van der Waals surface area contributed by atoms with E-state index < -0.39 is 17.6 Å². The van der Waals surface area contributed by atoms with Gasteiger partial charge in [0.05, 0.1) is 11.3 Å². The van der Waals surface area contributed by atoms with Gasteiger partial charge in [-0.3, -0.25) is 4.79 Å². The predicted octanol–water partition coefficient (Wildman–Crippen LogP) is 5.65. The summed E-state index contributed by atoms with van der Waals surface area (Å²) in [6.45, 7) is 7.12. The number of halogens is 4. The van der Waals surface area contributed by atoms with Crippen LogP contribution in [-0.2, 0) is 6.18 Å². The van der Waals surface area contributed by atoms with Gasteiger partial charge in [-0.05, 0) is 62.9 Å². The molecule has 10 heteroatoms. The molecule has 3 N–H and O–H groups in total. The van der Waals surface area contributed by atoms with Gasteiger partial charge in [-0.1, -0.05) is 22.9 Å². The molecule has 0 aliphatic heterocycles. The van der Waals surface area contributed by atoms with Crippen molar-refractivity contribution < 1.29 is 22.7 Å². The lowest BCUT2D eigenvalue weighted by Gasteiger charge is -2.27. The molecule has 34 heavy (non-hydrogen) atoms. The first kappa shape index (κ1) is 27.4. The molecular formula is C24H27BrF3N4O2-. The first-order valence-electron chi connectivity index (χ1n) is 10.5. The number of likely N-dealkylation sites (N-methyl/N-ethyl adjacent to an activating group) is 1. The fourth-order valence-electron chi connectivity index (χ4n) is 3.18. The molecule has 0 spiro atoms. The normalized spacial score (nSPS) is 12.6. The summed E-state index contributed by atoms with van der Waals surface area (Å²) in [5, 5.41) is 18.5. The largest absolute Gasteiger partial charge is 0.810 e. The number of hydrogen-bond donors (Lipinski definition) is 3. The summed E-state index contributed by atoms with van der Waals surface area (Å²) >= 11 is 3.29. The van der Waals surface area contributed by atoms with Crippen LogP contribution in [0.2, 0.25) is 0 Å². The Kier molecular flexibility index (Phi) is 9.29. The molecule has 2 rings (SSSR count). The molecule has 0 aliphatic carbocycles. The SMILES string of the molecule is CCNC(C)(C)COc1ccc(NC(=O)c2ccc(C(F)(F)F)cc2)cc1/C(NC)=C(\Br)C=[N-]. The number of hydrogen-bond acceptors (Lipinski definition) is 4. The van der Waals surface area contributed by atoms with Gasteiger partial charge in [0.2, 0.25) is 0 Å². The average molecular weight is 540 g/mol. The highest BCUT2D eigenvalue weighted by Gasteiger charge is 2.30. The lowest BCUT2D eigenvalue weighted by molar-refractivity contribution is -0.137. The standard InChI is InChI=1S/C24H27BrF3N4O2/c1-5-31-23(2,3)14-34-20-11-10-17(12-18(20)21(30-4)19(25)13-29)32-22(33)15-6-8-16(9-7-15)24(26,27)28/h6-13,30-31H,5,14H2,1-4H3,(H,32,33)/q-1/b21-19+. The van der Waals surface area contributed by atoms with Crippen molar-refractivity contribution in [3.05, 3.63) is 69.0 Å². The van der Waals surface area contributed by atoms with E-state index in [0.29, 0.717) is 33.8 Å². The number of nitrogens with zero attached hydrogens (tertiary/aromatic N) is 1. The Hall–Kier alpha value is -2.85. The number of benzene rings is 2. The van der Waals surface area contributed by atoms with Crippen LogP contribution >= 0.6 is 15.9 Å². The molecule has 0 heterocycles. The van der Waals surface area contributed by atoms with E-state index >= 15 is 0 Å². The fraction of sp³-hybridized carbons (Fsp3) is 0.333. The third-order valence-electron chi connectivity index (χ3n) is 4.83. The number of alkyl halides is 3. The molecule has 0 saturated heterocycles. The molecule has 0 radical (unpaired) electrons. The zero-order valence-electron chi connectivity index (χ0n) is 19.3. The average Bonchev–Trinajstić information content (AvgIpc) is 2.78. The van der Waals surface area contributed by atoms with Crippen molar-refractivity contribution in [3.63, 3.8) is 0 Å². The molecule has 1 amide bonds. The first-order chi connectivity index (χ1) is 15.9. The van der Waals surface area contributed by atoms with Crippen molar-refractivity contribution in [2.45, 2.75) is 32.5 Å². The summed E-state index contributed by atoms with van der Waals surface area (Å²) in [6, 6.07) is 8.91. The van der Waals surface area contributed by atoms with Crippen LogP contribution in [0.1, 0.15) is 42.3 Å². The van der Waals surface area contributed by atoms with E-state index in [2.05, 4.69) is 31.9 Å². The molecule has 0 atom stereocenters. The van der Waals surface area contributed by atoms with Gasteiger partial charge in [-0.25, -0.2) is 0 Å². The monoisotopic (exact) mass is 539 g/mol. The smallest absolute Gasteiger partial charge is 0.416 e. The molecular weight excluding hydrogens is 513 g/mol. The quantitative estimate of drug-likeness (QED) is 0.341. The second-order valence-electron chi connectivity index (χ2n) is 8.05. The number of ether oxygens (including phenoxy) is 1. The van der Waals surface area contributed by atoms with Crippen LogP contribution in [0.15, 0.2) is 46.9 Å². The molecule has 0 aliphatic rings. The van der Waals surface area contributed by atoms with E-state index in [1.54, 1.807) is 25.2 Å². The summed E-state index contributed by atoms with van der Waals surface area (Å²) in [7, 11) is 1.67. The van der Waals surface area contributed by atoms with Gasteiger partial charge in [0.15, 0.2) is 0 Å². The van der Waals surface area contributed by atoms with Crippen molar-refractivity contribution >= 4 is 39.4 Å². The lowest BCUT2D eigenvalue weighted by atomic mass is 10.1. The predicted molar refractivity (Wildman–Crippen MR) is 133 cm³/mol. The summed E-state index contributed by atoms with van der Waals surface area (Å²) in [4.78, 5) is 12.6. The fourth-order valence-corrected chi connectivity index (χ4v) is 3.59. The Bertz CT molecular complexity index is 1050. The Morgan fingerprint density at radius 3 is 2.32 bits per heavy atom. The Morgan fingerprint density at radius 1 is 1.15 bits per heavy atom. The van der Waals surface area contributed by atoms with Crippen molar-refractivity contribution in [2.24, 2.45) is 0 Å². The van der Waals surface area contributed by atoms with Gasteiger partial charge in [0.25, 0.3) is 5.91 Å². The van der Waals surface area contributed by atoms with Crippen LogP contribution in [-0.4, -0.2) is 37.9 Å². The zero-order valence-corrected chi connectivity index (χ0v) is 20.9. The highest BCUT2D eigenvalue weighted by atomic mass is 79.9. The molecule has 0 unspecified atom stereocenters. The van der Waals surface area contributed by atoms with Gasteiger partial charge in [0, 0.05) is 33.9 Å². The van der Waals surface area contributed by atoms with Crippen molar-refractivity contribution in [1.29, 1.82) is 0 Å². The van der Waals surface area contributed by atoms with E-state index in [4.69, 9.17) is 4.74 Å². The Balaban J connectivity index is 2.36. The molecule has 2 aromatic rings. The first-order valence-corrected chi connectivity index (χ1v) is 11.3. The molecule has 184 valence electrons. The number of rotatable bonds is 10. The number of nitrogens with one attached hydrogen (secondary N) is 3. The van der Waals surface area contributed by atoms with Crippen LogP contribution < -0.4 is 20.7 Å². The molecule has 0 fully saturated rings. The van der Waals surface area contributed by atoms with Crippen LogP contribution in [0, 0.1) is 0 Å². The van der Waals surface area contributed by atoms with Gasteiger partial charge in [-0.2, -0.15) is 19.4 Å². The second-order valence-corrected chi connectivity index (χ2v) is 8.90. The second kappa shape index (κ2) is 11.5. The summed E-state index contributed by atoms with van der Waals surface area (Å²) in [6.07, 6.45) is -3.60. The highest BCUT2D eigenvalue weighted by molar-refractivity contribution is 9.12.